The predicted octanol–water partition coefficient (Wildman–Crippen LogP) is 2.10. The van der Waals surface area contributed by atoms with Crippen LogP contribution in [-0.2, 0) is 4.79 Å². The lowest BCUT2D eigenvalue weighted by Gasteiger charge is -2.32. The fraction of sp³-hybridized carbons (Fsp3) is 0.533. The average Bonchev–Trinajstić information content (AvgIpc) is 2.97. The van der Waals surface area contributed by atoms with E-state index in [1.54, 1.807) is 0 Å². The van der Waals surface area contributed by atoms with Crippen LogP contribution in [0.1, 0.15) is 31.2 Å². The van der Waals surface area contributed by atoms with Gasteiger partial charge in [-0.15, -0.1) is 0 Å². The third kappa shape index (κ3) is 2.00. The molecule has 1 fully saturated rings. The second-order valence-corrected chi connectivity index (χ2v) is 5.67. The van der Waals surface area contributed by atoms with E-state index in [4.69, 9.17) is 4.74 Å². The van der Waals surface area contributed by atoms with Gasteiger partial charge in [0.25, 0.3) is 0 Å². The summed E-state index contributed by atoms with van der Waals surface area (Å²) in [4.78, 5) is 13.6. The Morgan fingerprint density at radius 3 is 3.11 bits per heavy atom. The van der Waals surface area contributed by atoms with Gasteiger partial charge in [-0.3, -0.25) is 9.69 Å². The van der Waals surface area contributed by atoms with Crippen molar-refractivity contribution >= 4 is 5.97 Å². The molecule has 0 radical (unpaired) electrons. The normalized spacial score (nSPS) is 30.1. The first-order valence-electron chi connectivity index (χ1n) is 6.81. The SMILES string of the molecule is CC1(C(=O)O)CCCN1CC1COc2ccccc21. The number of para-hydroxylation sites is 1. The third-order valence-electron chi connectivity index (χ3n) is 4.49. The van der Waals surface area contributed by atoms with Gasteiger partial charge >= 0.3 is 5.97 Å². The van der Waals surface area contributed by atoms with Gasteiger partial charge in [-0.1, -0.05) is 18.2 Å². The van der Waals surface area contributed by atoms with Crippen molar-refractivity contribution in [2.45, 2.75) is 31.2 Å². The monoisotopic (exact) mass is 261 g/mol. The van der Waals surface area contributed by atoms with Crippen molar-refractivity contribution in [3.8, 4) is 5.75 Å². The zero-order chi connectivity index (χ0) is 13.5. The molecular weight excluding hydrogens is 242 g/mol. The van der Waals surface area contributed by atoms with E-state index in [9.17, 15) is 9.90 Å². The average molecular weight is 261 g/mol. The number of hydrogen-bond donors (Lipinski definition) is 1. The minimum Gasteiger partial charge on any atom is -0.493 e. The van der Waals surface area contributed by atoms with Crippen molar-refractivity contribution < 1.29 is 14.6 Å². The molecule has 3 rings (SSSR count). The van der Waals surface area contributed by atoms with E-state index in [1.165, 1.54) is 5.56 Å². The predicted molar refractivity (Wildman–Crippen MR) is 71.5 cm³/mol. The smallest absolute Gasteiger partial charge is 0.323 e. The number of hydrogen-bond acceptors (Lipinski definition) is 3. The summed E-state index contributed by atoms with van der Waals surface area (Å²) in [5, 5.41) is 9.44. The number of aliphatic carboxylic acids is 1. The van der Waals surface area contributed by atoms with E-state index in [-0.39, 0.29) is 5.92 Å². The Morgan fingerprint density at radius 1 is 1.53 bits per heavy atom. The van der Waals surface area contributed by atoms with Gasteiger partial charge in [-0.05, 0) is 32.4 Å². The highest BCUT2D eigenvalue weighted by Crippen LogP contribution is 2.37. The van der Waals surface area contributed by atoms with Crippen LogP contribution in [-0.4, -0.2) is 41.2 Å². The van der Waals surface area contributed by atoms with Gasteiger partial charge < -0.3 is 9.84 Å². The topological polar surface area (TPSA) is 49.8 Å². The summed E-state index contributed by atoms with van der Waals surface area (Å²) in [6.45, 7) is 4.12. The highest BCUT2D eigenvalue weighted by atomic mass is 16.5. The van der Waals surface area contributed by atoms with Crippen LogP contribution in [0.15, 0.2) is 24.3 Å². The molecule has 0 spiro atoms. The molecule has 0 amide bonds. The molecule has 2 aliphatic rings. The number of likely N-dealkylation sites (tertiary alicyclic amines) is 1. The fourth-order valence-corrected chi connectivity index (χ4v) is 3.20. The lowest BCUT2D eigenvalue weighted by atomic mass is 9.96. The van der Waals surface area contributed by atoms with Crippen LogP contribution in [0.4, 0.5) is 0 Å². The molecule has 0 aliphatic carbocycles. The largest absolute Gasteiger partial charge is 0.493 e. The van der Waals surface area contributed by atoms with E-state index >= 15 is 0 Å². The second kappa shape index (κ2) is 4.53. The molecule has 0 bridgehead atoms. The Hall–Kier alpha value is -1.55. The molecule has 4 nitrogen and oxygen atoms in total. The number of benzene rings is 1. The van der Waals surface area contributed by atoms with Gasteiger partial charge in [-0.25, -0.2) is 0 Å². The first-order chi connectivity index (χ1) is 9.11. The Bertz CT molecular complexity index is 502. The summed E-state index contributed by atoms with van der Waals surface area (Å²) in [7, 11) is 0. The molecule has 0 saturated carbocycles. The second-order valence-electron chi connectivity index (χ2n) is 5.67. The lowest BCUT2D eigenvalue weighted by Crippen LogP contribution is -2.49. The number of carboxylic acids is 1. The van der Waals surface area contributed by atoms with Crippen LogP contribution in [0.5, 0.6) is 5.75 Å². The minimum absolute atomic E-state index is 0.285. The molecule has 2 heterocycles. The van der Waals surface area contributed by atoms with Crippen molar-refractivity contribution in [2.75, 3.05) is 19.7 Å². The fourth-order valence-electron chi connectivity index (χ4n) is 3.20. The number of ether oxygens (including phenoxy) is 1. The van der Waals surface area contributed by atoms with Crippen LogP contribution in [0.3, 0.4) is 0 Å². The molecule has 1 N–H and O–H groups in total. The molecule has 2 aliphatic heterocycles. The van der Waals surface area contributed by atoms with Crippen molar-refractivity contribution in [3.63, 3.8) is 0 Å². The number of carboxylic acid groups (broad SMARTS) is 1. The van der Waals surface area contributed by atoms with Gasteiger partial charge in [0.2, 0.25) is 0 Å². The quantitative estimate of drug-likeness (QED) is 0.905. The van der Waals surface area contributed by atoms with Gasteiger partial charge in [0.1, 0.15) is 11.3 Å². The summed E-state index contributed by atoms with van der Waals surface area (Å²) in [5.74, 6) is 0.522. The Balaban J connectivity index is 1.78. The van der Waals surface area contributed by atoms with Crippen LogP contribution in [0.25, 0.3) is 0 Å². The Kier molecular flexibility index (Phi) is 2.97. The van der Waals surface area contributed by atoms with E-state index in [0.717, 1.165) is 31.7 Å². The maximum absolute atomic E-state index is 11.5. The van der Waals surface area contributed by atoms with E-state index < -0.39 is 11.5 Å². The molecule has 1 aromatic rings. The van der Waals surface area contributed by atoms with E-state index in [1.807, 2.05) is 25.1 Å². The molecule has 1 saturated heterocycles. The minimum atomic E-state index is -0.711. The molecule has 2 unspecified atom stereocenters. The first kappa shape index (κ1) is 12.5. The zero-order valence-electron chi connectivity index (χ0n) is 11.1. The summed E-state index contributed by atoms with van der Waals surface area (Å²) >= 11 is 0. The molecule has 0 aromatic heterocycles. The Labute approximate surface area is 113 Å². The van der Waals surface area contributed by atoms with Crippen molar-refractivity contribution in [1.82, 2.24) is 4.90 Å². The van der Waals surface area contributed by atoms with Gasteiger partial charge in [0.15, 0.2) is 0 Å². The van der Waals surface area contributed by atoms with Gasteiger partial charge in [-0.2, -0.15) is 0 Å². The molecule has 1 aromatic carbocycles. The highest BCUT2D eigenvalue weighted by molar-refractivity contribution is 5.78. The first-order valence-corrected chi connectivity index (χ1v) is 6.81. The van der Waals surface area contributed by atoms with Crippen molar-refractivity contribution in [1.29, 1.82) is 0 Å². The number of rotatable bonds is 3. The number of nitrogens with zero attached hydrogens (tertiary/aromatic N) is 1. The van der Waals surface area contributed by atoms with E-state index in [2.05, 4.69) is 11.0 Å². The summed E-state index contributed by atoms with van der Waals surface area (Å²) < 4.78 is 5.68. The summed E-state index contributed by atoms with van der Waals surface area (Å²) in [6, 6.07) is 8.05. The molecule has 19 heavy (non-hydrogen) atoms. The molecule has 4 heteroatoms. The van der Waals surface area contributed by atoms with Crippen LogP contribution in [0, 0.1) is 0 Å². The van der Waals surface area contributed by atoms with Gasteiger partial charge in [0.05, 0.1) is 6.61 Å². The third-order valence-corrected chi connectivity index (χ3v) is 4.49. The van der Waals surface area contributed by atoms with Crippen LogP contribution in [0.2, 0.25) is 0 Å². The van der Waals surface area contributed by atoms with Crippen LogP contribution >= 0.6 is 0 Å². The maximum Gasteiger partial charge on any atom is 0.323 e. The highest BCUT2D eigenvalue weighted by Gasteiger charge is 2.44. The molecule has 2 atom stereocenters. The molecule has 102 valence electrons. The summed E-state index contributed by atoms with van der Waals surface area (Å²) in [6.07, 6.45) is 1.69. The number of fused-ring (bicyclic) bond motifs is 1. The zero-order valence-corrected chi connectivity index (χ0v) is 11.1. The number of carbonyl (C=O) groups is 1. The summed E-state index contributed by atoms with van der Waals surface area (Å²) in [5.41, 5.74) is 0.500. The van der Waals surface area contributed by atoms with Crippen LogP contribution < -0.4 is 4.74 Å². The van der Waals surface area contributed by atoms with Gasteiger partial charge in [0, 0.05) is 18.0 Å². The lowest BCUT2D eigenvalue weighted by molar-refractivity contribution is -0.148. The molecular formula is C15H19NO3. The van der Waals surface area contributed by atoms with Crippen molar-refractivity contribution in [3.05, 3.63) is 29.8 Å². The van der Waals surface area contributed by atoms with Crippen molar-refractivity contribution in [2.24, 2.45) is 0 Å². The maximum atomic E-state index is 11.5. The Morgan fingerprint density at radius 2 is 2.32 bits per heavy atom. The van der Waals surface area contributed by atoms with E-state index in [0.29, 0.717) is 6.61 Å². The standard InChI is InChI=1S/C15H19NO3/c1-15(14(17)18)7-4-8-16(15)9-11-10-19-13-6-3-2-5-12(11)13/h2-3,5-6,11H,4,7-10H2,1H3,(H,17,18).